The Kier molecular flexibility index (Phi) is 24.7. The fourth-order valence-corrected chi connectivity index (χ4v) is 8.71. The molecular weight excluding hydrogens is 969 g/mol. The number of aromatic amines is 1. The van der Waals surface area contributed by atoms with Crippen LogP contribution in [0.15, 0.2) is 60.8 Å². The smallest absolute Gasteiger partial charge is 0.243 e. The molecule has 2 unspecified atom stereocenters. The second kappa shape index (κ2) is 30.8. The van der Waals surface area contributed by atoms with Gasteiger partial charge in [-0.2, -0.15) is 0 Å². The normalized spacial score (nSPS) is 22.8. The van der Waals surface area contributed by atoms with Gasteiger partial charge in [0, 0.05) is 50.1 Å². The second-order valence-electron chi connectivity index (χ2n) is 19.2. The number of aliphatic hydroxyl groups excluding tert-OH is 2. The highest BCUT2D eigenvalue weighted by Crippen LogP contribution is 2.20. The number of nitrogens with one attached hydrogen (secondary N) is 13. The molecule has 3 aromatic rings. The number of carbonyl (C=O) groups is 7. The first-order valence-corrected chi connectivity index (χ1v) is 25.4. The van der Waals surface area contributed by atoms with E-state index < -0.39 is 103 Å². The number of benzene rings is 2. The highest BCUT2D eigenvalue weighted by atomic mass is 16.3. The maximum atomic E-state index is 14.7. The van der Waals surface area contributed by atoms with Gasteiger partial charge in [-0.05, 0) is 80.9 Å². The number of guanidine groups is 2. The predicted octanol–water partition coefficient (Wildman–Crippen LogP) is -2.30. The van der Waals surface area contributed by atoms with E-state index in [0.29, 0.717) is 24.0 Å². The molecule has 1 aliphatic heterocycles. The van der Waals surface area contributed by atoms with Gasteiger partial charge in [0.2, 0.25) is 41.4 Å². The number of aromatic nitrogens is 1. The van der Waals surface area contributed by atoms with Crippen LogP contribution >= 0.6 is 0 Å². The summed E-state index contributed by atoms with van der Waals surface area (Å²) in [6.07, 6.45) is -0.628. The first-order chi connectivity index (χ1) is 35.7. The van der Waals surface area contributed by atoms with Crippen LogP contribution < -0.4 is 70.4 Å². The average Bonchev–Trinajstić information content (AvgIpc) is 3.76. The third-order valence-corrected chi connectivity index (χ3v) is 12.5. The van der Waals surface area contributed by atoms with Crippen LogP contribution in [0.25, 0.3) is 10.9 Å². The van der Waals surface area contributed by atoms with Gasteiger partial charge >= 0.3 is 0 Å². The minimum absolute atomic E-state index is 0.0130. The van der Waals surface area contributed by atoms with Crippen LogP contribution in [0.5, 0.6) is 0 Å². The lowest BCUT2D eigenvalue weighted by Gasteiger charge is -2.33. The van der Waals surface area contributed by atoms with Crippen LogP contribution in [0.4, 0.5) is 0 Å². The van der Waals surface area contributed by atoms with Crippen molar-refractivity contribution in [2.24, 2.45) is 23.1 Å². The Labute approximate surface area is 436 Å². The summed E-state index contributed by atoms with van der Waals surface area (Å²) in [5.74, 6) is -5.71. The van der Waals surface area contributed by atoms with Crippen LogP contribution in [-0.2, 0) is 46.4 Å². The zero-order valence-electron chi connectivity index (χ0n) is 42.9. The molecule has 4 rings (SSSR count). The number of hydrogen-bond donors (Lipinski definition) is 18. The summed E-state index contributed by atoms with van der Waals surface area (Å²) in [5.41, 5.74) is 18.9. The maximum Gasteiger partial charge on any atom is 0.243 e. The van der Waals surface area contributed by atoms with E-state index in [0.717, 1.165) is 10.9 Å². The van der Waals surface area contributed by atoms with E-state index in [2.05, 4.69) is 58.2 Å². The number of fused-ring (bicyclic) bond motifs is 1. The molecule has 0 saturated carbocycles. The molecule has 9 atom stereocenters. The van der Waals surface area contributed by atoms with Crippen molar-refractivity contribution < 1.29 is 43.8 Å². The van der Waals surface area contributed by atoms with E-state index in [4.69, 9.17) is 28.0 Å². The Bertz CT molecular complexity index is 2390. The van der Waals surface area contributed by atoms with E-state index in [1.165, 1.54) is 6.92 Å². The van der Waals surface area contributed by atoms with E-state index in [-0.39, 0.29) is 88.8 Å². The predicted molar refractivity (Wildman–Crippen MR) is 282 cm³/mol. The largest absolute Gasteiger partial charge is 0.376 e. The first-order valence-electron chi connectivity index (χ1n) is 25.4. The van der Waals surface area contributed by atoms with Gasteiger partial charge in [-0.25, -0.2) is 0 Å². The van der Waals surface area contributed by atoms with Gasteiger partial charge in [-0.1, -0.05) is 62.4 Å². The van der Waals surface area contributed by atoms with E-state index >= 15 is 0 Å². The molecule has 0 bridgehead atoms. The molecule has 0 radical (unpaired) electrons. The number of primary amides is 1. The Morgan fingerprint density at radius 3 is 2.09 bits per heavy atom. The Morgan fingerprint density at radius 1 is 0.787 bits per heavy atom. The monoisotopic (exact) mass is 1050 g/mol. The van der Waals surface area contributed by atoms with Crippen molar-refractivity contribution >= 4 is 64.2 Å². The van der Waals surface area contributed by atoms with E-state index in [1.54, 1.807) is 36.5 Å². The topological polar surface area (TPSA) is 422 Å². The summed E-state index contributed by atoms with van der Waals surface area (Å²) < 4.78 is 0. The Balaban J connectivity index is 1.76. The van der Waals surface area contributed by atoms with E-state index in [9.17, 15) is 43.8 Å². The van der Waals surface area contributed by atoms with Gasteiger partial charge in [0.05, 0.1) is 30.6 Å². The van der Waals surface area contributed by atoms with Gasteiger partial charge in [0.25, 0.3) is 0 Å². The van der Waals surface area contributed by atoms with Crippen molar-refractivity contribution in [1.82, 2.24) is 58.2 Å². The molecule has 75 heavy (non-hydrogen) atoms. The molecule has 2 heterocycles. The van der Waals surface area contributed by atoms with Crippen molar-refractivity contribution in [2.75, 3.05) is 19.6 Å². The summed E-state index contributed by atoms with van der Waals surface area (Å²) in [4.78, 5) is 99.9. The summed E-state index contributed by atoms with van der Waals surface area (Å²) in [6, 6.07) is 7.61. The van der Waals surface area contributed by atoms with Gasteiger partial charge in [0.15, 0.2) is 11.9 Å². The molecular formula is C50H78N16O9. The third-order valence-electron chi connectivity index (χ3n) is 12.5. The summed E-state index contributed by atoms with van der Waals surface area (Å²) in [5, 5.41) is 67.1. The standard InChI is InChI=1S/C50H78N16O9/c1-28(2)23-37-45(72)64-38(24-30-13-5-4-6-14-30)46(73)62-36(19-12-22-58-50(54)55)44(71)65-39(25-31-27-59-33-16-8-7-15-32(31)33)47(74)61-34(42(51)69)17-9-10-20-56-41(68)26-40(48(75)63-37)66-43(70)35(60-29(3)67)18-11-21-57-49(52)53/h4-8,13-16,27-28,34-40,43,45,59,64,66,70,72H,9-12,17-26H2,1-3H3,(H2,51,69)(H,56,68)(H,60,67)(H,61,74)(H,62,73)(H,63,75)(H,65,71)(H4,52,53,57)(H4,54,55,58)/t34-,35-,36-,37+,38+,39-,40-,43?,45?/m0/s1. The number of carbonyl (C=O) groups excluding carboxylic acids is 7. The Hall–Kier alpha value is -7.35. The van der Waals surface area contributed by atoms with Crippen LogP contribution in [0.3, 0.4) is 0 Å². The number of hydrogen-bond acceptors (Lipinski definition) is 13. The van der Waals surface area contributed by atoms with Crippen LogP contribution in [-0.4, -0.2) is 143 Å². The number of aliphatic hydroxyl groups is 2. The molecule has 21 N–H and O–H groups in total. The quantitative estimate of drug-likeness (QED) is 0.0260. The third kappa shape index (κ3) is 21.2. The maximum absolute atomic E-state index is 14.7. The molecule has 0 spiro atoms. The zero-order chi connectivity index (χ0) is 55.0. The summed E-state index contributed by atoms with van der Waals surface area (Å²) in [7, 11) is 0. The van der Waals surface area contributed by atoms with Gasteiger partial charge in [-0.3, -0.25) is 55.0 Å². The molecule has 0 aliphatic carbocycles. The highest BCUT2D eigenvalue weighted by Gasteiger charge is 2.35. The van der Waals surface area contributed by atoms with Gasteiger partial charge in [-0.15, -0.1) is 0 Å². The minimum atomic E-state index is -1.63. The van der Waals surface area contributed by atoms with Gasteiger partial charge in [0.1, 0.15) is 30.6 Å². The molecule has 1 aliphatic rings. The van der Waals surface area contributed by atoms with Crippen LogP contribution in [0.1, 0.15) is 89.7 Å². The molecule has 1 fully saturated rings. The van der Waals surface area contributed by atoms with Crippen LogP contribution in [0, 0.1) is 16.7 Å². The van der Waals surface area contributed by atoms with Gasteiger partial charge < -0.3 is 74.9 Å². The number of para-hydroxylation sites is 1. The number of nitrogens with two attached hydrogens (primary N) is 3. The molecule has 2 aromatic carbocycles. The van der Waals surface area contributed by atoms with Crippen molar-refractivity contribution in [3.05, 3.63) is 71.9 Å². The molecule has 412 valence electrons. The molecule has 1 aromatic heterocycles. The first kappa shape index (κ1) is 60.2. The fourth-order valence-electron chi connectivity index (χ4n) is 8.71. The van der Waals surface area contributed by atoms with E-state index in [1.807, 2.05) is 38.1 Å². The molecule has 7 amide bonds. The molecule has 25 heteroatoms. The summed E-state index contributed by atoms with van der Waals surface area (Å²) in [6.45, 7) is 5.41. The molecule has 1 saturated heterocycles. The molecule has 25 nitrogen and oxygen atoms in total. The minimum Gasteiger partial charge on any atom is -0.376 e. The highest BCUT2D eigenvalue weighted by molar-refractivity contribution is 5.95. The lowest BCUT2D eigenvalue weighted by atomic mass is 9.99. The second-order valence-corrected chi connectivity index (χ2v) is 19.2. The van der Waals surface area contributed by atoms with Crippen molar-refractivity contribution in [1.29, 1.82) is 10.8 Å². The zero-order valence-corrected chi connectivity index (χ0v) is 42.9. The average molecular weight is 1050 g/mol. The number of amides is 7. The van der Waals surface area contributed by atoms with Crippen molar-refractivity contribution in [3.8, 4) is 0 Å². The van der Waals surface area contributed by atoms with Crippen LogP contribution in [0.2, 0.25) is 0 Å². The number of rotatable bonds is 19. The number of H-pyrrole nitrogens is 1. The fraction of sp³-hybridized carbons (Fsp3) is 0.540. The lowest BCUT2D eigenvalue weighted by molar-refractivity contribution is -0.134. The summed E-state index contributed by atoms with van der Waals surface area (Å²) >= 11 is 0. The SMILES string of the molecule is CC(=O)N[C@@H](CCCNC(=N)N)C(O)N[C@H]1CC(=O)NCCCC[C@@H](C(N)=O)NC(=O)[C@H](Cc2c[nH]c3ccccc23)NC(=O)[C@H](CCCNC(=N)N)NC(=O)[C@@H](Cc2ccccc2)NC(O)[C@@H](CC(C)C)NC1=O. The lowest BCUT2D eigenvalue weighted by Crippen LogP contribution is -2.62. The van der Waals surface area contributed by atoms with Crippen molar-refractivity contribution in [3.63, 3.8) is 0 Å². The Morgan fingerprint density at radius 2 is 1.43 bits per heavy atom. The van der Waals surface area contributed by atoms with Crippen molar-refractivity contribution in [2.45, 2.75) is 146 Å².